The predicted molar refractivity (Wildman–Crippen MR) is 114 cm³/mol. The van der Waals surface area contributed by atoms with Gasteiger partial charge in [-0.05, 0) is 44.1 Å². The maximum Gasteiger partial charge on any atom is 0.175 e. The number of aromatic nitrogens is 4. The summed E-state index contributed by atoms with van der Waals surface area (Å²) in [7, 11) is 1.84. The molecular formula is C21H26N6O2. The minimum atomic E-state index is 0.00593. The smallest absolute Gasteiger partial charge is 0.175 e. The number of aryl methyl sites for hydroxylation is 1. The Morgan fingerprint density at radius 1 is 1.48 bits per heavy atom. The van der Waals surface area contributed by atoms with Crippen LogP contribution in [0.15, 0.2) is 41.9 Å². The number of ether oxygens (including phenoxy) is 1. The number of aliphatic imine (C=N–C) groups is 1. The van der Waals surface area contributed by atoms with Gasteiger partial charge in [0.2, 0.25) is 0 Å². The van der Waals surface area contributed by atoms with Crippen molar-refractivity contribution in [2.24, 2.45) is 12.0 Å². The molecule has 2 aromatic heterocycles. The second kappa shape index (κ2) is 8.83. The minimum absolute atomic E-state index is 0.00593. The first-order valence-electron chi connectivity index (χ1n) is 9.48. The molecule has 2 aromatic rings. The van der Waals surface area contributed by atoms with E-state index in [9.17, 15) is 0 Å². The predicted octanol–water partition coefficient (Wildman–Crippen LogP) is 2.79. The third-order valence-electron chi connectivity index (χ3n) is 4.32. The Morgan fingerprint density at radius 3 is 2.97 bits per heavy atom. The lowest BCUT2D eigenvalue weighted by atomic mass is 10.1. The fourth-order valence-electron chi connectivity index (χ4n) is 3.06. The van der Waals surface area contributed by atoms with Gasteiger partial charge in [-0.2, -0.15) is 10.2 Å². The molecule has 1 aliphatic rings. The molecule has 0 aromatic carbocycles. The first-order chi connectivity index (χ1) is 13.9. The van der Waals surface area contributed by atoms with E-state index in [1.807, 2.05) is 39.1 Å². The number of aliphatic hydroxyl groups excluding tert-OH is 1. The summed E-state index contributed by atoms with van der Waals surface area (Å²) < 4.78 is 9.16. The van der Waals surface area contributed by atoms with E-state index in [1.54, 1.807) is 17.1 Å². The van der Waals surface area contributed by atoms with Crippen LogP contribution >= 0.6 is 0 Å². The lowest BCUT2D eigenvalue weighted by molar-refractivity contribution is 0.147. The van der Waals surface area contributed by atoms with Crippen LogP contribution in [0.4, 0.5) is 0 Å². The number of fused-ring (bicyclic) bond motifs is 1. The molecule has 8 nitrogen and oxygen atoms in total. The molecule has 0 radical (unpaired) electrons. The molecule has 29 heavy (non-hydrogen) atoms. The summed E-state index contributed by atoms with van der Waals surface area (Å²) in [5.41, 5.74) is 3.03. The highest BCUT2D eigenvalue weighted by atomic mass is 16.5. The molecule has 0 amide bonds. The van der Waals surface area contributed by atoms with Crippen molar-refractivity contribution >= 4 is 23.8 Å². The first-order valence-corrected chi connectivity index (χ1v) is 9.48. The molecule has 3 rings (SSSR count). The molecule has 0 fully saturated rings. The standard InChI is InChI=1S/C21H26N6O2/c1-5-19(27-13-15(9-10-28)12-23-27)24-21(22)20-17-11-16(29-14(2)3)7-6-8-18(17)26(4)25-20/h5-6,8,11-14,22,28H,1,7,9-10H2,2-4H3. The average molecular weight is 394 g/mol. The van der Waals surface area contributed by atoms with Crippen molar-refractivity contribution < 1.29 is 9.84 Å². The quantitative estimate of drug-likeness (QED) is 0.581. The van der Waals surface area contributed by atoms with Gasteiger partial charge in [-0.3, -0.25) is 10.1 Å². The third kappa shape index (κ3) is 4.60. The van der Waals surface area contributed by atoms with Gasteiger partial charge < -0.3 is 9.84 Å². The van der Waals surface area contributed by atoms with Crippen molar-refractivity contribution in [3.8, 4) is 0 Å². The summed E-state index contributed by atoms with van der Waals surface area (Å²) in [6.45, 7) is 7.80. The molecular weight excluding hydrogens is 368 g/mol. The Kier molecular flexibility index (Phi) is 6.23. The zero-order valence-electron chi connectivity index (χ0n) is 17.0. The van der Waals surface area contributed by atoms with E-state index in [2.05, 4.69) is 21.8 Å². The Balaban J connectivity index is 1.98. The molecule has 2 N–H and O–H groups in total. The minimum Gasteiger partial charge on any atom is -0.495 e. The largest absolute Gasteiger partial charge is 0.495 e. The SMILES string of the molecule is C=CC(=NC(=N)c1nn(C)c2c1C=C(OC(C)C)CC=C2)n1cc(CCO)cn1. The maximum absolute atomic E-state index is 9.08. The molecule has 0 atom stereocenters. The molecule has 152 valence electrons. The highest BCUT2D eigenvalue weighted by Crippen LogP contribution is 2.26. The van der Waals surface area contributed by atoms with E-state index in [4.69, 9.17) is 15.3 Å². The second-order valence-electron chi connectivity index (χ2n) is 6.94. The fourth-order valence-corrected chi connectivity index (χ4v) is 3.06. The van der Waals surface area contributed by atoms with Gasteiger partial charge in [-0.25, -0.2) is 9.67 Å². The van der Waals surface area contributed by atoms with Crippen molar-refractivity contribution in [1.82, 2.24) is 19.6 Å². The Labute approximate surface area is 170 Å². The number of amidine groups is 1. The molecule has 0 unspecified atom stereocenters. The van der Waals surface area contributed by atoms with Gasteiger partial charge in [0.15, 0.2) is 11.7 Å². The number of hydrogen-bond donors (Lipinski definition) is 2. The van der Waals surface area contributed by atoms with E-state index in [0.29, 0.717) is 24.4 Å². The lowest BCUT2D eigenvalue weighted by Gasteiger charge is -2.11. The molecule has 0 aliphatic heterocycles. The van der Waals surface area contributed by atoms with Crippen LogP contribution in [-0.4, -0.2) is 49.0 Å². The van der Waals surface area contributed by atoms with Crippen molar-refractivity contribution in [2.45, 2.75) is 32.8 Å². The van der Waals surface area contributed by atoms with E-state index < -0.39 is 0 Å². The summed E-state index contributed by atoms with van der Waals surface area (Å²) >= 11 is 0. The van der Waals surface area contributed by atoms with Crippen LogP contribution in [-0.2, 0) is 18.2 Å². The summed E-state index contributed by atoms with van der Waals surface area (Å²) in [4.78, 5) is 4.40. The number of nitrogens with zero attached hydrogens (tertiary/aromatic N) is 5. The number of aliphatic hydroxyl groups is 1. The molecule has 0 saturated carbocycles. The van der Waals surface area contributed by atoms with Crippen LogP contribution in [0.5, 0.6) is 0 Å². The van der Waals surface area contributed by atoms with E-state index in [1.165, 1.54) is 10.8 Å². The zero-order valence-corrected chi connectivity index (χ0v) is 17.0. The molecule has 0 bridgehead atoms. The van der Waals surface area contributed by atoms with Gasteiger partial charge in [0.25, 0.3) is 0 Å². The highest BCUT2D eigenvalue weighted by molar-refractivity contribution is 6.09. The van der Waals surface area contributed by atoms with Crippen LogP contribution < -0.4 is 0 Å². The number of rotatable bonds is 6. The normalized spacial score (nSPS) is 13.8. The number of nitrogens with one attached hydrogen (secondary N) is 1. The maximum atomic E-state index is 9.08. The third-order valence-corrected chi connectivity index (χ3v) is 4.32. The van der Waals surface area contributed by atoms with Crippen LogP contribution in [0, 0.1) is 5.41 Å². The van der Waals surface area contributed by atoms with Gasteiger partial charge in [0, 0.05) is 31.8 Å². The molecule has 0 saturated heterocycles. The molecule has 1 aliphatic carbocycles. The Hall–Kier alpha value is -3.26. The van der Waals surface area contributed by atoms with Gasteiger partial charge in [0.1, 0.15) is 11.5 Å². The summed E-state index contributed by atoms with van der Waals surface area (Å²) in [6, 6.07) is 0. The zero-order chi connectivity index (χ0) is 21.0. The molecule has 8 heteroatoms. The highest BCUT2D eigenvalue weighted by Gasteiger charge is 2.20. The topological polar surface area (TPSA) is 101 Å². The number of hydrogen-bond acceptors (Lipinski definition) is 5. The van der Waals surface area contributed by atoms with Crippen molar-refractivity contribution in [3.63, 3.8) is 0 Å². The van der Waals surface area contributed by atoms with Crippen LogP contribution in [0.3, 0.4) is 0 Å². The van der Waals surface area contributed by atoms with E-state index >= 15 is 0 Å². The van der Waals surface area contributed by atoms with E-state index in [-0.39, 0.29) is 18.5 Å². The van der Waals surface area contributed by atoms with Crippen molar-refractivity contribution in [1.29, 1.82) is 5.41 Å². The van der Waals surface area contributed by atoms with Crippen molar-refractivity contribution in [2.75, 3.05) is 6.61 Å². The Morgan fingerprint density at radius 2 is 2.28 bits per heavy atom. The second-order valence-corrected chi connectivity index (χ2v) is 6.94. The monoisotopic (exact) mass is 394 g/mol. The van der Waals surface area contributed by atoms with E-state index in [0.717, 1.165) is 22.6 Å². The first kappa shape index (κ1) is 20.5. The van der Waals surface area contributed by atoms with Gasteiger partial charge >= 0.3 is 0 Å². The molecule has 0 spiro atoms. The summed E-state index contributed by atoms with van der Waals surface area (Å²) in [5, 5.41) is 26.4. The van der Waals surface area contributed by atoms with Gasteiger partial charge in [-0.1, -0.05) is 12.7 Å². The van der Waals surface area contributed by atoms with Crippen LogP contribution in [0.1, 0.15) is 42.8 Å². The van der Waals surface area contributed by atoms with Crippen LogP contribution in [0.2, 0.25) is 0 Å². The average Bonchev–Trinajstić information content (AvgIpc) is 3.18. The van der Waals surface area contributed by atoms with Gasteiger partial charge in [-0.15, -0.1) is 0 Å². The van der Waals surface area contributed by atoms with Crippen molar-refractivity contribution in [3.05, 3.63) is 59.4 Å². The molecule has 2 heterocycles. The van der Waals surface area contributed by atoms with Crippen LogP contribution in [0.25, 0.3) is 12.2 Å². The summed E-state index contributed by atoms with van der Waals surface area (Å²) in [5.74, 6) is 1.24. The lowest BCUT2D eigenvalue weighted by Crippen LogP contribution is -2.13. The fraction of sp³-hybridized carbons (Fsp3) is 0.333. The van der Waals surface area contributed by atoms with Gasteiger partial charge in [0.05, 0.1) is 18.0 Å². The summed E-state index contributed by atoms with van der Waals surface area (Å²) in [6.07, 6.45) is 12.2. The Bertz CT molecular complexity index is 1010. The number of allylic oxidation sites excluding steroid dienone is 2.